The quantitative estimate of drug-likeness (QED) is 0.504. The molecule has 0 aromatic carbocycles. The van der Waals surface area contributed by atoms with Crippen LogP contribution in [-0.2, 0) is 23.9 Å². The van der Waals surface area contributed by atoms with E-state index in [9.17, 15) is 24.3 Å². The normalized spacial score (nSPS) is 23.5. The molecule has 1 aliphatic heterocycles. The first-order valence-electron chi connectivity index (χ1n) is 8.90. The SMILES string of the molecule is CC(C(=O)[O-])C(CC(C)(C)CC1C(=O)OC(=O)C1CC(C)(C)C)C(N)=O. The number of ether oxygens (including phenoxy) is 1. The smallest absolute Gasteiger partial charge is 0.317 e. The van der Waals surface area contributed by atoms with Crippen LogP contribution in [0.25, 0.3) is 0 Å². The van der Waals surface area contributed by atoms with Crippen LogP contribution in [0.3, 0.4) is 0 Å². The van der Waals surface area contributed by atoms with Crippen LogP contribution >= 0.6 is 0 Å². The Balaban J connectivity index is 2.97. The summed E-state index contributed by atoms with van der Waals surface area (Å²) in [6, 6.07) is 0. The predicted octanol–water partition coefficient (Wildman–Crippen LogP) is 1.03. The largest absolute Gasteiger partial charge is 0.550 e. The van der Waals surface area contributed by atoms with Gasteiger partial charge in [0.05, 0.1) is 11.8 Å². The number of cyclic esters (lactones) is 2. The molecule has 0 bridgehead atoms. The Morgan fingerprint density at radius 3 is 1.92 bits per heavy atom. The first-order chi connectivity index (χ1) is 11.6. The van der Waals surface area contributed by atoms with E-state index < -0.39 is 52.9 Å². The van der Waals surface area contributed by atoms with Crippen LogP contribution in [0.15, 0.2) is 0 Å². The standard InChI is InChI=1S/C19H31NO6/c1-10(15(22)23)11(14(20)21)8-19(5,6)9-13-12(7-18(2,3)4)16(24)26-17(13)25/h10-13H,7-9H2,1-6H3,(H2,20,21)(H,22,23)/p-1. The summed E-state index contributed by atoms with van der Waals surface area (Å²) in [7, 11) is 0. The zero-order chi connectivity index (χ0) is 20.4. The van der Waals surface area contributed by atoms with E-state index in [1.807, 2.05) is 34.6 Å². The minimum Gasteiger partial charge on any atom is -0.550 e. The van der Waals surface area contributed by atoms with Gasteiger partial charge in [-0.2, -0.15) is 0 Å². The number of primary amides is 1. The number of nitrogens with two attached hydrogens (primary N) is 1. The summed E-state index contributed by atoms with van der Waals surface area (Å²) in [4.78, 5) is 47.1. The molecule has 0 saturated carbocycles. The van der Waals surface area contributed by atoms with Crippen molar-refractivity contribution in [1.82, 2.24) is 0 Å². The molecule has 0 radical (unpaired) electrons. The van der Waals surface area contributed by atoms with Crippen molar-refractivity contribution in [2.45, 2.75) is 60.8 Å². The second-order valence-electron chi connectivity index (χ2n) is 9.41. The third-order valence-electron chi connectivity index (χ3n) is 5.01. The van der Waals surface area contributed by atoms with Gasteiger partial charge in [-0.3, -0.25) is 14.4 Å². The average molecular weight is 368 g/mol. The number of carbonyl (C=O) groups excluding carboxylic acids is 4. The number of carboxylic acids is 1. The molecular formula is C19H30NO6-. The van der Waals surface area contributed by atoms with Crippen LogP contribution in [0.4, 0.5) is 0 Å². The maximum absolute atomic E-state index is 12.2. The Morgan fingerprint density at radius 1 is 1.08 bits per heavy atom. The molecule has 0 spiro atoms. The molecule has 7 nitrogen and oxygen atoms in total. The van der Waals surface area contributed by atoms with Crippen LogP contribution in [0.1, 0.15) is 60.8 Å². The van der Waals surface area contributed by atoms with E-state index in [1.54, 1.807) is 0 Å². The van der Waals surface area contributed by atoms with Crippen LogP contribution in [0.5, 0.6) is 0 Å². The second kappa shape index (κ2) is 7.76. The molecule has 26 heavy (non-hydrogen) atoms. The lowest BCUT2D eigenvalue weighted by atomic mass is 9.69. The Labute approximate surface area is 154 Å². The van der Waals surface area contributed by atoms with E-state index in [0.29, 0.717) is 12.8 Å². The molecule has 1 heterocycles. The summed E-state index contributed by atoms with van der Waals surface area (Å²) in [5, 5.41) is 11.1. The van der Waals surface area contributed by atoms with Crippen LogP contribution < -0.4 is 10.8 Å². The van der Waals surface area contributed by atoms with Crippen molar-refractivity contribution in [3.63, 3.8) is 0 Å². The third-order valence-corrected chi connectivity index (χ3v) is 5.01. The zero-order valence-corrected chi connectivity index (χ0v) is 16.5. The molecule has 1 fully saturated rings. The number of hydrogen-bond donors (Lipinski definition) is 1. The first kappa shape index (κ1) is 22.1. The fourth-order valence-corrected chi connectivity index (χ4v) is 3.65. The summed E-state index contributed by atoms with van der Waals surface area (Å²) < 4.78 is 4.84. The summed E-state index contributed by atoms with van der Waals surface area (Å²) in [5.74, 6) is -6.22. The minimum atomic E-state index is -1.34. The Kier molecular flexibility index (Phi) is 6.60. The number of carbonyl (C=O) groups is 4. The monoisotopic (exact) mass is 368 g/mol. The highest BCUT2D eigenvalue weighted by Crippen LogP contribution is 2.43. The molecule has 2 N–H and O–H groups in total. The molecular weight excluding hydrogens is 338 g/mol. The first-order valence-corrected chi connectivity index (χ1v) is 8.90. The molecule has 0 aliphatic carbocycles. The average Bonchev–Trinajstić information content (AvgIpc) is 2.68. The maximum Gasteiger partial charge on any atom is 0.317 e. The van der Waals surface area contributed by atoms with E-state index in [2.05, 4.69) is 0 Å². The fraction of sp³-hybridized carbons (Fsp3) is 0.789. The number of aliphatic carboxylic acids is 1. The molecule has 148 valence electrons. The van der Waals surface area contributed by atoms with Crippen molar-refractivity contribution in [2.24, 2.45) is 40.2 Å². The molecule has 4 unspecified atom stereocenters. The third kappa shape index (κ3) is 5.81. The molecule has 1 rings (SSSR count). The van der Waals surface area contributed by atoms with Crippen molar-refractivity contribution in [2.75, 3.05) is 0 Å². The van der Waals surface area contributed by atoms with Gasteiger partial charge in [-0.25, -0.2) is 0 Å². The molecule has 0 aromatic heterocycles. The highest BCUT2D eigenvalue weighted by molar-refractivity contribution is 5.96. The fourth-order valence-electron chi connectivity index (χ4n) is 3.65. The topological polar surface area (TPSA) is 127 Å². The van der Waals surface area contributed by atoms with Gasteiger partial charge in [0.15, 0.2) is 0 Å². The lowest BCUT2D eigenvalue weighted by molar-refractivity contribution is -0.312. The summed E-state index contributed by atoms with van der Waals surface area (Å²) in [6.07, 6.45) is 0.993. The Bertz CT molecular complexity index is 589. The minimum absolute atomic E-state index is 0.157. The predicted molar refractivity (Wildman–Crippen MR) is 92.0 cm³/mol. The summed E-state index contributed by atoms with van der Waals surface area (Å²) >= 11 is 0. The molecule has 7 heteroatoms. The lowest BCUT2D eigenvalue weighted by Crippen LogP contribution is -2.42. The van der Waals surface area contributed by atoms with E-state index in [-0.39, 0.29) is 11.8 Å². The van der Waals surface area contributed by atoms with Gasteiger partial charge in [-0.15, -0.1) is 0 Å². The summed E-state index contributed by atoms with van der Waals surface area (Å²) in [6.45, 7) is 11.0. The van der Waals surface area contributed by atoms with Crippen LogP contribution in [0.2, 0.25) is 0 Å². The van der Waals surface area contributed by atoms with Gasteiger partial charge in [-0.1, -0.05) is 41.5 Å². The molecule has 1 saturated heterocycles. The molecule has 1 aliphatic rings. The maximum atomic E-state index is 12.2. The number of amides is 1. The van der Waals surface area contributed by atoms with Gasteiger partial charge in [-0.05, 0) is 30.1 Å². The zero-order valence-electron chi connectivity index (χ0n) is 16.5. The van der Waals surface area contributed by atoms with Crippen molar-refractivity contribution in [3.8, 4) is 0 Å². The van der Waals surface area contributed by atoms with E-state index in [0.717, 1.165) is 0 Å². The van der Waals surface area contributed by atoms with Gasteiger partial charge in [0.25, 0.3) is 0 Å². The van der Waals surface area contributed by atoms with Gasteiger partial charge < -0.3 is 20.4 Å². The number of esters is 2. The van der Waals surface area contributed by atoms with Crippen LogP contribution in [-0.4, -0.2) is 23.8 Å². The van der Waals surface area contributed by atoms with Crippen LogP contribution in [0, 0.1) is 34.5 Å². The number of rotatable bonds is 8. The molecule has 4 atom stereocenters. The van der Waals surface area contributed by atoms with Gasteiger partial charge >= 0.3 is 11.9 Å². The highest BCUT2D eigenvalue weighted by Gasteiger charge is 2.48. The van der Waals surface area contributed by atoms with Crippen molar-refractivity contribution in [3.05, 3.63) is 0 Å². The van der Waals surface area contributed by atoms with E-state index >= 15 is 0 Å². The van der Waals surface area contributed by atoms with Gasteiger partial charge in [0.2, 0.25) is 5.91 Å². The Hall–Kier alpha value is -1.92. The molecule has 1 amide bonds. The van der Waals surface area contributed by atoms with Crippen molar-refractivity contribution in [1.29, 1.82) is 0 Å². The van der Waals surface area contributed by atoms with Gasteiger partial charge in [0, 0.05) is 17.8 Å². The van der Waals surface area contributed by atoms with E-state index in [1.165, 1.54) is 6.92 Å². The highest BCUT2D eigenvalue weighted by atomic mass is 16.6. The Morgan fingerprint density at radius 2 is 1.54 bits per heavy atom. The van der Waals surface area contributed by atoms with E-state index in [4.69, 9.17) is 10.5 Å². The van der Waals surface area contributed by atoms with Crippen molar-refractivity contribution >= 4 is 23.8 Å². The lowest BCUT2D eigenvalue weighted by Gasteiger charge is -2.34. The number of carboxylic acid groups (broad SMARTS) is 1. The molecule has 0 aromatic rings. The van der Waals surface area contributed by atoms with Crippen molar-refractivity contribution < 1.29 is 29.0 Å². The number of hydrogen-bond acceptors (Lipinski definition) is 6. The van der Waals surface area contributed by atoms with Gasteiger partial charge in [0.1, 0.15) is 0 Å². The second-order valence-corrected chi connectivity index (χ2v) is 9.41. The summed E-state index contributed by atoms with van der Waals surface area (Å²) in [5.41, 5.74) is 4.63.